The zero-order valence-corrected chi connectivity index (χ0v) is 15.8. The van der Waals surface area contributed by atoms with Gasteiger partial charge in [-0.3, -0.25) is 0 Å². The molecule has 1 saturated heterocycles. The number of nitrogens with one attached hydrogen (secondary N) is 1. The number of aromatic nitrogens is 2. The summed E-state index contributed by atoms with van der Waals surface area (Å²) >= 11 is 0. The molecule has 6 nitrogen and oxygen atoms in total. The zero-order valence-electron chi connectivity index (χ0n) is 15.8. The molecule has 0 saturated carbocycles. The second-order valence-electron chi connectivity index (χ2n) is 6.48. The lowest BCUT2D eigenvalue weighted by molar-refractivity contribution is 0.212. The highest BCUT2D eigenvalue weighted by atomic mass is 16.5. The van der Waals surface area contributed by atoms with Crippen molar-refractivity contribution < 1.29 is 9.47 Å². The van der Waals surface area contributed by atoms with Gasteiger partial charge in [0.2, 0.25) is 0 Å². The minimum Gasteiger partial charge on any atom is -0.489 e. The third kappa shape index (κ3) is 4.40. The van der Waals surface area contributed by atoms with E-state index in [1.54, 1.807) is 12.4 Å². The van der Waals surface area contributed by atoms with E-state index in [9.17, 15) is 0 Å². The van der Waals surface area contributed by atoms with Gasteiger partial charge < -0.3 is 19.7 Å². The summed E-state index contributed by atoms with van der Waals surface area (Å²) in [7, 11) is 0. The molecule has 1 aliphatic heterocycles. The number of para-hydroxylation sites is 1. The normalized spacial score (nSPS) is 13.9. The van der Waals surface area contributed by atoms with Crippen molar-refractivity contribution in [2.45, 2.75) is 0 Å². The topological polar surface area (TPSA) is 59.5 Å². The van der Waals surface area contributed by atoms with Gasteiger partial charge in [-0.15, -0.1) is 0 Å². The van der Waals surface area contributed by atoms with Gasteiger partial charge in [0, 0.05) is 44.1 Å². The minimum atomic E-state index is 0.404. The first-order chi connectivity index (χ1) is 13.9. The Bertz CT molecular complexity index is 882. The first kappa shape index (κ1) is 18.3. The van der Waals surface area contributed by atoms with Crippen molar-refractivity contribution in [3.63, 3.8) is 0 Å². The van der Waals surface area contributed by atoms with Crippen molar-refractivity contribution >= 4 is 5.82 Å². The van der Waals surface area contributed by atoms with E-state index in [4.69, 9.17) is 9.47 Å². The van der Waals surface area contributed by atoms with Crippen LogP contribution in [0.4, 0.5) is 5.82 Å². The molecule has 0 atom stereocenters. The van der Waals surface area contributed by atoms with Crippen LogP contribution in [-0.4, -0.2) is 49.4 Å². The van der Waals surface area contributed by atoms with Gasteiger partial charge in [-0.1, -0.05) is 48.5 Å². The van der Waals surface area contributed by atoms with Gasteiger partial charge in [0.1, 0.15) is 19.0 Å². The van der Waals surface area contributed by atoms with Crippen molar-refractivity contribution in [2.24, 2.45) is 0 Å². The van der Waals surface area contributed by atoms with E-state index in [2.05, 4.69) is 38.4 Å². The summed E-state index contributed by atoms with van der Waals surface area (Å²) < 4.78 is 11.9. The standard InChI is InChI=1S/C22H24N4O2/c1-2-6-18(7-3-1)19-8-4-5-9-20(19)27-16-17-28-22-21(24-10-11-25-22)26-14-12-23-13-15-26/h1-11,23H,12-17H2. The molecular weight excluding hydrogens is 352 g/mol. The maximum atomic E-state index is 6.00. The van der Waals surface area contributed by atoms with Gasteiger partial charge in [0.15, 0.2) is 5.82 Å². The van der Waals surface area contributed by atoms with E-state index in [-0.39, 0.29) is 0 Å². The van der Waals surface area contributed by atoms with E-state index in [1.165, 1.54) is 0 Å². The van der Waals surface area contributed by atoms with E-state index in [0.29, 0.717) is 19.1 Å². The monoisotopic (exact) mass is 376 g/mol. The fourth-order valence-electron chi connectivity index (χ4n) is 3.25. The molecule has 6 heteroatoms. The summed E-state index contributed by atoms with van der Waals surface area (Å²) in [6, 6.07) is 18.3. The van der Waals surface area contributed by atoms with Gasteiger partial charge in [-0.2, -0.15) is 0 Å². The molecule has 0 spiro atoms. The molecular formula is C22H24N4O2. The van der Waals surface area contributed by atoms with E-state index in [1.807, 2.05) is 36.4 Å². The Kier molecular flexibility index (Phi) is 5.99. The van der Waals surface area contributed by atoms with Crippen molar-refractivity contribution in [1.82, 2.24) is 15.3 Å². The fourth-order valence-corrected chi connectivity index (χ4v) is 3.25. The lowest BCUT2D eigenvalue weighted by atomic mass is 10.1. The van der Waals surface area contributed by atoms with Crippen LogP contribution in [0.25, 0.3) is 11.1 Å². The first-order valence-electron chi connectivity index (χ1n) is 9.58. The molecule has 0 bridgehead atoms. The lowest BCUT2D eigenvalue weighted by Crippen LogP contribution is -2.44. The molecule has 1 N–H and O–H groups in total. The number of hydrogen-bond acceptors (Lipinski definition) is 6. The van der Waals surface area contributed by atoms with E-state index >= 15 is 0 Å². The molecule has 2 heterocycles. The van der Waals surface area contributed by atoms with Crippen LogP contribution in [0.1, 0.15) is 0 Å². The predicted octanol–water partition coefficient (Wildman–Crippen LogP) is 3.01. The van der Waals surface area contributed by atoms with Crippen LogP contribution >= 0.6 is 0 Å². The third-order valence-electron chi connectivity index (χ3n) is 4.61. The average molecular weight is 376 g/mol. The highest BCUT2D eigenvalue weighted by molar-refractivity contribution is 5.70. The number of anilines is 1. The molecule has 1 aliphatic rings. The Morgan fingerprint density at radius 3 is 2.39 bits per heavy atom. The summed E-state index contributed by atoms with van der Waals surface area (Å²) in [5, 5.41) is 3.34. The molecule has 1 aromatic heterocycles. The highest BCUT2D eigenvalue weighted by Gasteiger charge is 2.17. The molecule has 4 rings (SSSR count). The Labute approximate surface area is 165 Å². The van der Waals surface area contributed by atoms with Gasteiger partial charge in [0.25, 0.3) is 5.88 Å². The van der Waals surface area contributed by atoms with E-state index in [0.717, 1.165) is 48.9 Å². The van der Waals surface area contributed by atoms with Crippen molar-refractivity contribution in [3.8, 4) is 22.8 Å². The number of ether oxygens (including phenoxy) is 2. The largest absolute Gasteiger partial charge is 0.489 e. The smallest absolute Gasteiger partial charge is 0.257 e. The minimum absolute atomic E-state index is 0.404. The molecule has 3 aromatic rings. The van der Waals surface area contributed by atoms with Crippen LogP contribution < -0.4 is 19.7 Å². The first-order valence-corrected chi connectivity index (χ1v) is 9.58. The summed E-state index contributed by atoms with van der Waals surface area (Å²) in [4.78, 5) is 11.0. The van der Waals surface area contributed by atoms with Crippen LogP contribution in [-0.2, 0) is 0 Å². The van der Waals surface area contributed by atoms with Crippen LogP contribution in [0.15, 0.2) is 67.0 Å². The van der Waals surface area contributed by atoms with Crippen LogP contribution in [0.5, 0.6) is 11.6 Å². The summed E-state index contributed by atoms with van der Waals surface area (Å²) in [5.74, 6) is 2.21. The van der Waals surface area contributed by atoms with Crippen molar-refractivity contribution in [2.75, 3.05) is 44.3 Å². The highest BCUT2D eigenvalue weighted by Crippen LogP contribution is 2.29. The fraction of sp³-hybridized carbons (Fsp3) is 0.273. The molecule has 1 fully saturated rings. The SMILES string of the molecule is c1ccc(-c2ccccc2OCCOc2nccnc2N2CCNCC2)cc1. The quantitative estimate of drug-likeness (QED) is 0.640. The lowest BCUT2D eigenvalue weighted by Gasteiger charge is -2.28. The predicted molar refractivity (Wildman–Crippen MR) is 110 cm³/mol. The number of rotatable bonds is 7. The van der Waals surface area contributed by atoms with Gasteiger partial charge >= 0.3 is 0 Å². The Hall–Kier alpha value is -3.12. The molecule has 0 amide bonds. The van der Waals surface area contributed by atoms with Crippen LogP contribution in [0, 0.1) is 0 Å². The number of nitrogens with zero attached hydrogens (tertiary/aromatic N) is 3. The third-order valence-corrected chi connectivity index (χ3v) is 4.61. The number of benzene rings is 2. The molecule has 28 heavy (non-hydrogen) atoms. The van der Waals surface area contributed by atoms with Crippen molar-refractivity contribution in [3.05, 3.63) is 67.0 Å². The van der Waals surface area contributed by atoms with Gasteiger partial charge in [-0.25, -0.2) is 9.97 Å². The molecule has 144 valence electrons. The van der Waals surface area contributed by atoms with Crippen molar-refractivity contribution in [1.29, 1.82) is 0 Å². The number of hydrogen-bond donors (Lipinski definition) is 1. The zero-order chi connectivity index (χ0) is 19.0. The van der Waals surface area contributed by atoms with E-state index < -0.39 is 0 Å². The Balaban J connectivity index is 1.37. The number of piperazine rings is 1. The maximum absolute atomic E-state index is 6.00. The average Bonchev–Trinajstić information content (AvgIpc) is 2.78. The molecule has 0 unspecified atom stereocenters. The van der Waals surface area contributed by atoms with Gasteiger partial charge in [-0.05, 0) is 11.6 Å². The maximum Gasteiger partial charge on any atom is 0.257 e. The molecule has 2 aromatic carbocycles. The van der Waals surface area contributed by atoms with Gasteiger partial charge in [0.05, 0.1) is 0 Å². The Morgan fingerprint density at radius 2 is 1.54 bits per heavy atom. The second kappa shape index (κ2) is 9.19. The second-order valence-corrected chi connectivity index (χ2v) is 6.48. The summed E-state index contributed by atoms with van der Waals surface area (Å²) in [5.41, 5.74) is 2.21. The summed E-state index contributed by atoms with van der Waals surface area (Å²) in [6.07, 6.45) is 3.36. The Morgan fingerprint density at radius 1 is 0.821 bits per heavy atom. The molecule has 0 aliphatic carbocycles. The summed E-state index contributed by atoms with van der Waals surface area (Å²) in [6.45, 7) is 4.51. The van der Waals surface area contributed by atoms with Crippen LogP contribution in [0.2, 0.25) is 0 Å². The molecule has 0 radical (unpaired) electrons. The van der Waals surface area contributed by atoms with Crippen LogP contribution in [0.3, 0.4) is 0 Å².